The zero-order valence-electron chi connectivity index (χ0n) is 13.5. The van der Waals surface area contributed by atoms with Gasteiger partial charge in [0, 0.05) is 0 Å². The van der Waals surface area contributed by atoms with Crippen LogP contribution in [0.3, 0.4) is 0 Å². The Morgan fingerprint density at radius 3 is 0.938 bits per heavy atom. The lowest BCUT2D eigenvalue weighted by Gasteiger charge is -2.38. The monoisotopic (exact) mass is 526 g/mol. The predicted molar refractivity (Wildman–Crippen MR) is 57.6 cm³/mol. The molecule has 0 aliphatic heterocycles. The van der Waals surface area contributed by atoms with E-state index in [4.69, 9.17) is 5.11 Å². The van der Waals surface area contributed by atoms with Gasteiger partial charge in [-0.25, -0.2) is 13.6 Å². The number of rotatable bonds is 8. The van der Waals surface area contributed by atoms with Crippen LogP contribution in [-0.2, 0) is 4.79 Å². The van der Waals surface area contributed by atoms with Crippen LogP contribution in [0, 0.1) is 0 Å². The standard InChI is InChI=1S/C11HF19O2/c12-1(2(13)5(16,17)9(24,25)11(28,29)30)4(14,15)7(20,21)10(26,27)8(22,23)6(18,19)3(31)32/h(H,31,32)/b2-1+. The third-order valence-electron chi connectivity index (χ3n) is 3.34. The van der Waals surface area contributed by atoms with Crippen molar-refractivity contribution in [3.63, 3.8) is 0 Å². The third-order valence-corrected chi connectivity index (χ3v) is 3.34. The molecule has 0 aromatic carbocycles. The average molecular weight is 526 g/mol. The van der Waals surface area contributed by atoms with Crippen molar-refractivity contribution < 1.29 is 93.3 Å². The minimum Gasteiger partial charge on any atom is -0.477 e. The van der Waals surface area contributed by atoms with Gasteiger partial charge in [0.2, 0.25) is 11.7 Å². The molecule has 190 valence electrons. The summed E-state index contributed by atoms with van der Waals surface area (Å²) < 4.78 is 242. The lowest BCUT2D eigenvalue weighted by Crippen LogP contribution is -2.69. The van der Waals surface area contributed by atoms with Crippen molar-refractivity contribution in [2.24, 2.45) is 0 Å². The van der Waals surface area contributed by atoms with E-state index in [1.54, 1.807) is 0 Å². The summed E-state index contributed by atoms with van der Waals surface area (Å²) in [6.45, 7) is 0. The van der Waals surface area contributed by atoms with Gasteiger partial charge in [-0.2, -0.15) is 74.6 Å². The van der Waals surface area contributed by atoms with E-state index < -0.39 is 65.3 Å². The van der Waals surface area contributed by atoms with E-state index in [2.05, 4.69) is 0 Å². The Labute approximate surface area is 160 Å². The van der Waals surface area contributed by atoms with E-state index >= 15 is 0 Å². The normalized spacial score (nSPS) is 16.7. The lowest BCUT2D eigenvalue weighted by molar-refractivity contribution is -0.393. The van der Waals surface area contributed by atoms with Crippen molar-refractivity contribution in [2.75, 3.05) is 0 Å². The fourth-order valence-electron chi connectivity index (χ4n) is 1.46. The second-order valence-corrected chi connectivity index (χ2v) is 5.45. The van der Waals surface area contributed by atoms with Crippen molar-refractivity contribution in [2.45, 2.75) is 47.6 Å². The Bertz CT molecular complexity index is 773. The van der Waals surface area contributed by atoms with Crippen LogP contribution < -0.4 is 0 Å². The molecule has 0 amide bonds. The first-order valence-electron chi connectivity index (χ1n) is 6.52. The number of carboxylic acids is 1. The smallest absolute Gasteiger partial charge is 0.460 e. The minimum absolute atomic E-state index is 4.39. The molecule has 0 aromatic rings. The number of carboxylic acid groups (broad SMARTS) is 1. The first-order valence-corrected chi connectivity index (χ1v) is 6.52. The summed E-state index contributed by atoms with van der Waals surface area (Å²) in [6, 6.07) is 0. The molecule has 0 radical (unpaired) electrons. The van der Waals surface area contributed by atoms with Crippen molar-refractivity contribution in [1.82, 2.24) is 0 Å². The molecule has 0 saturated carbocycles. The molecule has 21 heteroatoms. The quantitative estimate of drug-likeness (QED) is 0.381. The Balaban J connectivity index is 6.93. The van der Waals surface area contributed by atoms with Gasteiger partial charge in [-0.05, 0) is 0 Å². The summed E-state index contributed by atoms with van der Waals surface area (Å²) in [5.74, 6) is -72.1. The Morgan fingerprint density at radius 1 is 0.438 bits per heavy atom. The molecule has 0 saturated heterocycles. The highest BCUT2D eigenvalue weighted by atomic mass is 19.4. The molecule has 0 atom stereocenters. The number of hydrogen-bond acceptors (Lipinski definition) is 1. The number of hydrogen-bond donors (Lipinski definition) is 1. The van der Waals surface area contributed by atoms with E-state index in [1.807, 2.05) is 0 Å². The molecule has 0 heterocycles. The van der Waals surface area contributed by atoms with Gasteiger partial charge < -0.3 is 5.11 Å². The zero-order chi connectivity index (χ0) is 26.7. The highest BCUT2D eigenvalue weighted by Crippen LogP contribution is 2.60. The van der Waals surface area contributed by atoms with Crippen LogP contribution in [0.5, 0.6) is 0 Å². The third kappa shape index (κ3) is 3.69. The summed E-state index contributed by atoms with van der Waals surface area (Å²) in [4.78, 5) is 9.84. The van der Waals surface area contributed by atoms with E-state index in [-0.39, 0.29) is 0 Å². The van der Waals surface area contributed by atoms with Crippen LogP contribution in [-0.4, -0.2) is 58.7 Å². The van der Waals surface area contributed by atoms with Crippen LogP contribution in [0.4, 0.5) is 83.4 Å². The van der Waals surface area contributed by atoms with Gasteiger partial charge in [0.15, 0.2) is 0 Å². The molecule has 0 unspecified atom stereocenters. The largest absolute Gasteiger partial charge is 0.477 e. The summed E-state index contributed by atoms with van der Waals surface area (Å²) in [5.41, 5.74) is 0. The summed E-state index contributed by atoms with van der Waals surface area (Å²) in [7, 11) is 0. The van der Waals surface area contributed by atoms with Crippen molar-refractivity contribution in [3.8, 4) is 0 Å². The molecule has 0 aliphatic rings. The highest BCUT2D eigenvalue weighted by molar-refractivity contribution is 5.77. The van der Waals surface area contributed by atoms with E-state index in [9.17, 15) is 88.2 Å². The Morgan fingerprint density at radius 2 is 0.688 bits per heavy atom. The van der Waals surface area contributed by atoms with Gasteiger partial charge in [0.25, 0.3) is 0 Å². The SMILES string of the molecule is O=C(O)C(F)(F)C(F)(F)C(F)(F)C(F)(F)C(F)(F)/C(F)=C(\F)C(F)(F)C(F)(F)C(F)(F)F. The van der Waals surface area contributed by atoms with Crippen molar-refractivity contribution >= 4 is 5.97 Å². The molecule has 1 N–H and O–H groups in total. The molecule has 0 aromatic heterocycles. The first-order chi connectivity index (χ1) is 13.5. The lowest BCUT2D eigenvalue weighted by atomic mass is 9.93. The molecule has 0 bridgehead atoms. The summed E-state index contributed by atoms with van der Waals surface area (Å²) >= 11 is 0. The van der Waals surface area contributed by atoms with Crippen molar-refractivity contribution in [3.05, 3.63) is 11.7 Å². The second-order valence-electron chi connectivity index (χ2n) is 5.45. The van der Waals surface area contributed by atoms with Crippen molar-refractivity contribution in [1.29, 1.82) is 0 Å². The minimum atomic E-state index is -8.55. The molecule has 0 spiro atoms. The Kier molecular flexibility index (Phi) is 6.96. The molecule has 0 aliphatic carbocycles. The summed E-state index contributed by atoms with van der Waals surface area (Å²) in [5, 5.41) is 7.65. The fourth-order valence-corrected chi connectivity index (χ4v) is 1.46. The number of alkyl halides is 17. The zero-order valence-corrected chi connectivity index (χ0v) is 13.5. The molecule has 2 nitrogen and oxygen atoms in total. The van der Waals surface area contributed by atoms with E-state index in [1.165, 1.54) is 0 Å². The number of aliphatic carboxylic acids is 1. The molecular formula is C11HF19O2. The van der Waals surface area contributed by atoms with Crippen LogP contribution >= 0.6 is 0 Å². The maximum atomic E-state index is 13.2. The average Bonchev–Trinajstić information content (AvgIpc) is 2.57. The maximum absolute atomic E-state index is 13.2. The molecule has 32 heavy (non-hydrogen) atoms. The number of halogens is 19. The fraction of sp³-hybridized carbons (Fsp3) is 0.727. The number of carbonyl (C=O) groups is 1. The van der Waals surface area contributed by atoms with Crippen LogP contribution in [0.2, 0.25) is 0 Å². The highest BCUT2D eigenvalue weighted by Gasteiger charge is 2.89. The van der Waals surface area contributed by atoms with E-state index in [0.717, 1.165) is 0 Å². The van der Waals surface area contributed by atoms with Gasteiger partial charge >= 0.3 is 53.6 Å². The van der Waals surface area contributed by atoms with Gasteiger partial charge in [0.05, 0.1) is 0 Å². The van der Waals surface area contributed by atoms with Crippen LogP contribution in [0.15, 0.2) is 11.7 Å². The van der Waals surface area contributed by atoms with Gasteiger partial charge in [-0.15, -0.1) is 0 Å². The van der Waals surface area contributed by atoms with Gasteiger partial charge in [-0.3, -0.25) is 0 Å². The van der Waals surface area contributed by atoms with Gasteiger partial charge in [-0.1, -0.05) is 0 Å². The molecule has 0 rings (SSSR count). The maximum Gasteiger partial charge on any atom is 0.460 e. The number of allylic oxidation sites excluding steroid dienone is 2. The predicted octanol–water partition coefficient (Wildman–Crippen LogP) is 6.23. The summed E-state index contributed by atoms with van der Waals surface area (Å²) in [6.07, 6.45) is -7.63. The first kappa shape index (κ1) is 29.9. The van der Waals surface area contributed by atoms with Crippen LogP contribution in [0.25, 0.3) is 0 Å². The van der Waals surface area contributed by atoms with Gasteiger partial charge in [0.1, 0.15) is 0 Å². The van der Waals surface area contributed by atoms with E-state index in [0.29, 0.717) is 0 Å². The second kappa shape index (κ2) is 7.45. The molecular weight excluding hydrogens is 525 g/mol. The topological polar surface area (TPSA) is 37.3 Å². The van der Waals surface area contributed by atoms with Crippen LogP contribution in [0.1, 0.15) is 0 Å². The Hall–Kier alpha value is -2.12. The molecule has 0 fully saturated rings.